The molecule has 0 aliphatic carbocycles. The number of halogens is 1. The van der Waals surface area contributed by atoms with Crippen LogP contribution in [-0.4, -0.2) is 15.6 Å². The molecule has 19 heavy (non-hydrogen) atoms. The monoisotopic (exact) mass is 279 g/mol. The van der Waals surface area contributed by atoms with Gasteiger partial charge >= 0.3 is 5.97 Å². The highest BCUT2D eigenvalue weighted by Gasteiger charge is 2.24. The van der Waals surface area contributed by atoms with Crippen LogP contribution in [0.25, 0.3) is 10.8 Å². The van der Waals surface area contributed by atoms with Crippen LogP contribution in [0.4, 0.5) is 0 Å². The molecule has 2 aromatic rings. The second kappa shape index (κ2) is 5.05. The van der Waals surface area contributed by atoms with Crippen molar-refractivity contribution in [3.8, 4) is 0 Å². The minimum Gasteiger partial charge on any atom is -0.480 e. The van der Waals surface area contributed by atoms with Crippen molar-refractivity contribution >= 4 is 28.3 Å². The molecule has 2 rings (SSSR count). The molecule has 1 aromatic heterocycles. The summed E-state index contributed by atoms with van der Waals surface area (Å²) < 4.78 is 1.27. The maximum Gasteiger partial charge on any atom is 0.327 e. The van der Waals surface area contributed by atoms with Gasteiger partial charge < -0.3 is 9.67 Å². The summed E-state index contributed by atoms with van der Waals surface area (Å²) >= 11 is 5.87. The van der Waals surface area contributed by atoms with Crippen LogP contribution in [-0.2, 0) is 4.79 Å². The number of carbonyl (C=O) groups is 1. The molecule has 0 bridgehead atoms. The van der Waals surface area contributed by atoms with Crippen LogP contribution in [0.1, 0.15) is 19.9 Å². The number of aliphatic carboxylic acids is 1. The second-order valence-electron chi connectivity index (χ2n) is 4.79. The molecule has 0 aliphatic rings. The van der Waals surface area contributed by atoms with Crippen LogP contribution >= 0.6 is 11.6 Å². The smallest absolute Gasteiger partial charge is 0.327 e. The van der Waals surface area contributed by atoms with Crippen molar-refractivity contribution in [1.29, 1.82) is 0 Å². The standard InChI is InChI=1S/C14H14ClNO3/c1-8(2)12(14(18)19)16-6-5-9-7-10(15)3-4-11(9)13(16)17/h3-8,12H,1-2H3,(H,18,19). The second-order valence-corrected chi connectivity index (χ2v) is 5.22. The average molecular weight is 280 g/mol. The number of hydrogen-bond acceptors (Lipinski definition) is 2. The molecule has 0 saturated heterocycles. The predicted octanol–water partition coefficient (Wildman–Crippen LogP) is 2.94. The van der Waals surface area contributed by atoms with Gasteiger partial charge in [0.25, 0.3) is 5.56 Å². The van der Waals surface area contributed by atoms with E-state index in [2.05, 4.69) is 0 Å². The lowest BCUT2D eigenvalue weighted by Gasteiger charge is -2.19. The molecule has 0 radical (unpaired) electrons. The fraction of sp³-hybridized carbons (Fsp3) is 0.286. The average Bonchev–Trinajstić information content (AvgIpc) is 2.31. The van der Waals surface area contributed by atoms with Crippen LogP contribution < -0.4 is 5.56 Å². The number of aromatic nitrogens is 1. The third-order valence-corrected chi connectivity index (χ3v) is 3.31. The van der Waals surface area contributed by atoms with Crippen LogP contribution in [0.15, 0.2) is 35.3 Å². The number of carboxylic acid groups (broad SMARTS) is 1. The Kier molecular flexibility index (Phi) is 3.62. The van der Waals surface area contributed by atoms with Gasteiger partial charge in [-0.05, 0) is 35.6 Å². The van der Waals surface area contributed by atoms with Crippen molar-refractivity contribution in [3.05, 3.63) is 45.8 Å². The molecule has 0 fully saturated rings. The maximum atomic E-state index is 12.3. The van der Waals surface area contributed by atoms with Crippen molar-refractivity contribution in [2.75, 3.05) is 0 Å². The van der Waals surface area contributed by atoms with Crippen molar-refractivity contribution < 1.29 is 9.90 Å². The zero-order valence-corrected chi connectivity index (χ0v) is 11.4. The van der Waals surface area contributed by atoms with E-state index < -0.39 is 12.0 Å². The summed E-state index contributed by atoms with van der Waals surface area (Å²) in [7, 11) is 0. The van der Waals surface area contributed by atoms with E-state index in [9.17, 15) is 14.7 Å². The fourth-order valence-corrected chi connectivity index (χ4v) is 2.36. The quantitative estimate of drug-likeness (QED) is 0.940. The van der Waals surface area contributed by atoms with Crippen molar-refractivity contribution in [2.24, 2.45) is 5.92 Å². The first-order valence-electron chi connectivity index (χ1n) is 5.95. The van der Waals surface area contributed by atoms with Crippen molar-refractivity contribution in [3.63, 3.8) is 0 Å². The van der Waals surface area contributed by atoms with Crippen LogP contribution in [0.3, 0.4) is 0 Å². The van der Waals surface area contributed by atoms with E-state index in [4.69, 9.17) is 11.6 Å². The lowest BCUT2D eigenvalue weighted by molar-refractivity contribution is -0.142. The molecular formula is C14H14ClNO3. The van der Waals surface area contributed by atoms with Gasteiger partial charge in [0.15, 0.2) is 0 Å². The number of pyridine rings is 1. The molecule has 5 heteroatoms. The highest BCUT2D eigenvalue weighted by Crippen LogP contribution is 2.20. The molecule has 1 heterocycles. The Hall–Kier alpha value is -1.81. The summed E-state index contributed by atoms with van der Waals surface area (Å²) in [6.45, 7) is 3.55. The molecule has 1 aromatic carbocycles. The Balaban J connectivity index is 2.69. The normalized spacial score (nSPS) is 12.8. The van der Waals surface area contributed by atoms with Gasteiger partial charge in [0, 0.05) is 16.6 Å². The number of nitrogens with zero attached hydrogens (tertiary/aromatic N) is 1. The van der Waals surface area contributed by atoms with Crippen molar-refractivity contribution in [2.45, 2.75) is 19.9 Å². The largest absolute Gasteiger partial charge is 0.480 e. The Morgan fingerprint density at radius 3 is 2.58 bits per heavy atom. The predicted molar refractivity (Wildman–Crippen MR) is 74.7 cm³/mol. The molecule has 0 saturated carbocycles. The summed E-state index contributed by atoms with van der Waals surface area (Å²) in [5.74, 6) is -1.19. The third kappa shape index (κ3) is 2.49. The molecule has 0 aliphatic heterocycles. The van der Waals surface area contributed by atoms with E-state index in [-0.39, 0.29) is 11.5 Å². The Morgan fingerprint density at radius 2 is 2.00 bits per heavy atom. The van der Waals surface area contributed by atoms with E-state index in [0.29, 0.717) is 15.8 Å². The Bertz CT molecular complexity index is 691. The SMILES string of the molecule is CC(C)C(C(=O)O)n1ccc2cc(Cl)ccc2c1=O. The lowest BCUT2D eigenvalue weighted by atomic mass is 10.0. The number of benzene rings is 1. The van der Waals surface area contributed by atoms with Gasteiger partial charge in [-0.15, -0.1) is 0 Å². The molecular weight excluding hydrogens is 266 g/mol. The summed E-state index contributed by atoms with van der Waals surface area (Å²) in [6.07, 6.45) is 1.51. The summed E-state index contributed by atoms with van der Waals surface area (Å²) in [5, 5.41) is 11.0. The zero-order chi connectivity index (χ0) is 14.2. The first-order chi connectivity index (χ1) is 8.91. The summed E-state index contributed by atoms with van der Waals surface area (Å²) in [6, 6.07) is 5.78. The minimum absolute atomic E-state index is 0.181. The van der Waals surface area contributed by atoms with Gasteiger partial charge in [0.2, 0.25) is 0 Å². The van der Waals surface area contributed by atoms with Crippen LogP contribution in [0.2, 0.25) is 5.02 Å². The van der Waals surface area contributed by atoms with E-state index >= 15 is 0 Å². The first-order valence-corrected chi connectivity index (χ1v) is 6.33. The molecule has 1 N–H and O–H groups in total. The number of carboxylic acids is 1. The topological polar surface area (TPSA) is 59.3 Å². The maximum absolute atomic E-state index is 12.3. The van der Waals surface area contributed by atoms with E-state index in [1.165, 1.54) is 10.8 Å². The van der Waals surface area contributed by atoms with Crippen LogP contribution in [0, 0.1) is 5.92 Å². The number of hydrogen-bond donors (Lipinski definition) is 1. The van der Waals surface area contributed by atoms with E-state index in [0.717, 1.165) is 0 Å². The van der Waals surface area contributed by atoms with Gasteiger partial charge in [-0.25, -0.2) is 4.79 Å². The van der Waals surface area contributed by atoms with Gasteiger partial charge in [-0.3, -0.25) is 4.79 Å². The molecule has 1 atom stereocenters. The van der Waals surface area contributed by atoms with Gasteiger partial charge in [-0.1, -0.05) is 25.4 Å². The molecule has 100 valence electrons. The van der Waals surface area contributed by atoms with Gasteiger partial charge in [0.05, 0.1) is 0 Å². The van der Waals surface area contributed by atoms with E-state index in [1.54, 1.807) is 38.1 Å². The number of fused-ring (bicyclic) bond motifs is 1. The molecule has 0 amide bonds. The highest BCUT2D eigenvalue weighted by atomic mass is 35.5. The summed E-state index contributed by atoms with van der Waals surface area (Å²) in [4.78, 5) is 23.6. The Labute approximate surface area is 115 Å². The number of rotatable bonds is 3. The molecule has 1 unspecified atom stereocenters. The molecule has 0 spiro atoms. The zero-order valence-electron chi connectivity index (χ0n) is 10.6. The minimum atomic E-state index is -1.01. The molecule has 4 nitrogen and oxygen atoms in total. The van der Waals surface area contributed by atoms with Crippen molar-refractivity contribution in [1.82, 2.24) is 4.57 Å². The van der Waals surface area contributed by atoms with Crippen LogP contribution in [0.5, 0.6) is 0 Å². The Morgan fingerprint density at radius 1 is 1.32 bits per heavy atom. The highest BCUT2D eigenvalue weighted by molar-refractivity contribution is 6.31. The van der Waals surface area contributed by atoms with Gasteiger partial charge in [0.1, 0.15) is 6.04 Å². The first kappa shape index (κ1) is 13.6. The third-order valence-electron chi connectivity index (χ3n) is 3.08. The lowest BCUT2D eigenvalue weighted by Crippen LogP contribution is -2.32. The van der Waals surface area contributed by atoms with E-state index in [1.807, 2.05) is 0 Å². The fourth-order valence-electron chi connectivity index (χ4n) is 2.18. The summed E-state index contributed by atoms with van der Waals surface area (Å²) in [5.41, 5.74) is -0.310. The van der Waals surface area contributed by atoms with Gasteiger partial charge in [-0.2, -0.15) is 0 Å².